The third-order valence-electron chi connectivity index (χ3n) is 5.22. The predicted molar refractivity (Wildman–Crippen MR) is 126 cm³/mol. The highest BCUT2D eigenvalue weighted by Crippen LogP contribution is 2.23. The van der Waals surface area contributed by atoms with Crippen LogP contribution < -0.4 is 16.0 Å². The van der Waals surface area contributed by atoms with E-state index >= 15 is 0 Å². The number of nitrogens with zero attached hydrogens (tertiary/aromatic N) is 3. The molecule has 1 unspecified atom stereocenters. The van der Waals surface area contributed by atoms with Crippen LogP contribution in [0.1, 0.15) is 24.4 Å². The molecule has 1 aliphatic rings. The number of guanidine groups is 1. The van der Waals surface area contributed by atoms with Crippen molar-refractivity contribution in [2.24, 2.45) is 4.99 Å². The summed E-state index contributed by atoms with van der Waals surface area (Å²) < 4.78 is 28.4. The second kappa shape index (κ2) is 13.0. The van der Waals surface area contributed by atoms with Gasteiger partial charge in [0.15, 0.2) is 5.96 Å². The van der Waals surface area contributed by atoms with Crippen LogP contribution in [0.2, 0.25) is 0 Å². The van der Waals surface area contributed by atoms with Gasteiger partial charge in [-0.05, 0) is 39.1 Å². The van der Waals surface area contributed by atoms with E-state index < -0.39 is 17.7 Å². The summed E-state index contributed by atoms with van der Waals surface area (Å²) in [5, 5.41) is 9.20. The van der Waals surface area contributed by atoms with Gasteiger partial charge in [-0.2, -0.15) is 0 Å². The van der Waals surface area contributed by atoms with Crippen LogP contribution in [0.5, 0.6) is 0 Å². The number of piperidine rings is 1. The monoisotopic (exact) mass is 538 g/mol. The van der Waals surface area contributed by atoms with Crippen molar-refractivity contribution in [3.05, 3.63) is 35.4 Å². The van der Waals surface area contributed by atoms with Gasteiger partial charge in [-0.3, -0.25) is 14.7 Å². The highest BCUT2D eigenvalue weighted by atomic mass is 127. The predicted octanol–water partition coefficient (Wildman–Crippen LogP) is 1.56. The second-order valence-electron chi connectivity index (χ2n) is 7.44. The molecule has 1 amide bonds. The van der Waals surface area contributed by atoms with Crippen LogP contribution in [0.25, 0.3) is 0 Å². The van der Waals surface area contributed by atoms with E-state index in [0.717, 1.165) is 25.9 Å². The van der Waals surface area contributed by atoms with E-state index in [0.29, 0.717) is 19.0 Å². The molecule has 0 saturated carbocycles. The molecule has 1 aromatic rings. The summed E-state index contributed by atoms with van der Waals surface area (Å²) in [6, 6.07) is 3.66. The molecule has 3 N–H and O–H groups in total. The van der Waals surface area contributed by atoms with Gasteiger partial charge in [0.2, 0.25) is 5.91 Å². The molecular weight excluding hydrogens is 505 g/mol. The van der Waals surface area contributed by atoms with Crippen molar-refractivity contribution in [2.45, 2.75) is 24.9 Å². The molecule has 7 nitrogen and oxygen atoms in total. The second-order valence-corrected chi connectivity index (χ2v) is 7.44. The van der Waals surface area contributed by atoms with Gasteiger partial charge in [-0.15, -0.1) is 24.0 Å². The number of likely N-dealkylation sites (N-methyl/N-ethyl adjacent to an activating group) is 2. The Kier molecular flexibility index (Phi) is 11.5. The quantitative estimate of drug-likeness (QED) is 0.280. The van der Waals surface area contributed by atoms with Crippen molar-refractivity contribution < 1.29 is 13.6 Å². The Hall–Kier alpha value is -1.53. The summed E-state index contributed by atoms with van der Waals surface area (Å²) in [6.07, 6.45) is 1.77. The summed E-state index contributed by atoms with van der Waals surface area (Å²) in [7, 11) is 6.89. The number of hydrogen-bond acceptors (Lipinski definition) is 4. The van der Waals surface area contributed by atoms with Crippen LogP contribution in [-0.4, -0.2) is 82.1 Å². The lowest BCUT2D eigenvalue weighted by Gasteiger charge is -2.33. The number of rotatable bonds is 7. The Bertz CT molecular complexity index is 690. The van der Waals surface area contributed by atoms with Gasteiger partial charge in [-0.25, -0.2) is 8.78 Å². The third-order valence-corrected chi connectivity index (χ3v) is 5.22. The van der Waals surface area contributed by atoms with Gasteiger partial charge in [0.1, 0.15) is 11.6 Å². The summed E-state index contributed by atoms with van der Waals surface area (Å²) in [5.41, 5.74) is 0.0444. The maximum Gasteiger partial charge on any atom is 0.233 e. The molecule has 0 aliphatic carbocycles. The lowest BCUT2D eigenvalue weighted by Crippen LogP contribution is -2.51. The molecule has 0 bridgehead atoms. The van der Waals surface area contributed by atoms with Gasteiger partial charge < -0.3 is 20.9 Å². The summed E-state index contributed by atoms with van der Waals surface area (Å²) in [4.78, 5) is 19.6. The zero-order valence-electron chi connectivity index (χ0n) is 18.0. The molecule has 1 heterocycles. The first-order valence-corrected chi connectivity index (χ1v) is 9.86. The van der Waals surface area contributed by atoms with Gasteiger partial charge >= 0.3 is 0 Å². The van der Waals surface area contributed by atoms with E-state index in [2.05, 4.69) is 25.8 Å². The first kappa shape index (κ1) is 26.5. The molecule has 0 aromatic heterocycles. The Labute approximate surface area is 194 Å². The van der Waals surface area contributed by atoms with Crippen molar-refractivity contribution in [1.29, 1.82) is 0 Å². The topological polar surface area (TPSA) is 72.0 Å². The van der Waals surface area contributed by atoms with Crippen LogP contribution in [0, 0.1) is 11.6 Å². The molecular formula is C20H33F2IN6O. The van der Waals surface area contributed by atoms with E-state index in [-0.39, 0.29) is 41.5 Å². The maximum atomic E-state index is 14.2. The molecule has 1 saturated heterocycles. The number of halogens is 3. The fourth-order valence-corrected chi connectivity index (χ4v) is 3.47. The Morgan fingerprint density at radius 2 is 1.87 bits per heavy atom. The van der Waals surface area contributed by atoms with Crippen LogP contribution in [0.3, 0.4) is 0 Å². The van der Waals surface area contributed by atoms with Gasteiger partial charge in [0.05, 0.1) is 12.6 Å². The average molecular weight is 538 g/mol. The zero-order chi connectivity index (χ0) is 21.4. The van der Waals surface area contributed by atoms with Crippen molar-refractivity contribution in [3.8, 4) is 0 Å². The smallest absolute Gasteiger partial charge is 0.233 e. The lowest BCUT2D eigenvalue weighted by molar-refractivity contribution is -0.122. The number of benzene rings is 1. The minimum atomic E-state index is -0.558. The minimum absolute atomic E-state index is 0. The molecule has 1 aliphatic heterocycles. The molecule has 1 aromatic carbocycles. The van der Waals surface area contributed by atoms with Gasteiger partial charge in [0, 0.05) is 45.3 Å². The lowest BCUT2D eigenvalue weighted by atomic mass is 10.0. The fourth-order valence-electron chi connectivity index (χ4n) is 3.47. The largest absolute Gasteiger partial charge is 0.358 e. The number of aliphatic imine (C=N–C) groups is 1. The molecule has 10 heteroatoms. The zero-order valence-corrected chi connectivity index (χ0v) is 20.4. The molecule has 170 valence electrons. The van der Waals surface area contributed by atoms with Crippen LogP contribution in [-0.2, 0) is 4.79 Å². The summed E-state index contributed by atoms with van der Waals surface area (Å²) in [5.74, 6) is -0.504. The van der Waals surface area contributed by atoms with E-state index in [1.165, 1.54) is 18.2 Å². The normalized spacial score (nSPS) is 16.7. The van der Waals surface area contributed by atoms with Crippen molar-refractivity contribution in [2.75, 3.05) is 54.4 Å². The highest BCUT2D eigenvalue weighted by Gasteiger charge is 2.24. The fraction of sp³-hybridized carbons (Fsp3) is 0.600. The Balaban J connectivity index is 0.00000450. The van der Waals surface area contributed by atoms with Crippen molar-refractivity contribution in [3.63, 3.8) is 0 Å². The minimum Gasteiger partial charge on any atom is -0.358 e. The van der Waals surface area contributed by atoms with E-state index in [9.17, 15) is 13.6 Å². The van der Waals surface area contributed by atoms with Crippen LogP contribution in [0.15, 0.2) is 23.2 Å². The van der Waals surface area contributed by atoms with Gasteiger partial charge in [-0.1, -0.05) is 6.07 Å². The number of likely N-dealkylation sites (tertiary alicyclic amines) is 1. The highest BCUT2D eigenvalue weighted by molar-refractivity contribution is 14.0. The van der Waals surface area contributed by atoms with Crippen molar-refractivity contribution >= 4 is 35.8 Å². The standard InChI is InChI=1S/C20H32F2N6O.HI/c1-23-18(29)13-28-10-8-14(9-11-28)26-20(24-2)25-12-17(27(3)4)19-15(21)6-5-7-16(19)22;/h5-7,14,17H,8-13H2,1-4H3,(H,23,29)(H2,24,25,26);1H. The molecule has 30 heavy (non-hydrogen) atoms. The van der Waals surface area contributed by atoms with Crippen LogP contribution in [0.4, 0.5) is 8.78 Å². The number of nitrogens with one attached hydrogen (secondary N) is 3. The Morgan fingerprint density at radius 3 is 2.37 bits per heavy atom. The van der Waals surface area contributed by atoms with E-state index in [4.69, 9.17) is 0 Å². The molecule has 1 fully saturated rings. The number of amides is 1. The number of carbonyl (C=O) groups excluding carboxylic acids is 1. The molecule has 2 rings (SSSR count). The van der Waals surface area contributed by atoms with E-state index in [1.807, 2.05) is 0 Å². The average Bonchev–Trinajstić information content (AvgIpc) is 2.70. The first-order valence-electron chi connectivity index (χ1n) is 9.86. The summed E-state index contributed by atoms with van der Waals surface area (Å²) >= 11 is 0. The van der Waals surface area contributed by atoms with Crippen molar-refractivity contribution in [1.82, 2.24) is 25.8 Å². The SMILES string of the molecule is CN=C(NCC(c1c(F)cccc1F)N(C)C)NC1CCN(CC(=O)NC)CC1.I. The summed E-state index contributed by atoms with van der Waals surface area (Å²) in [6.45, 7) is 2.36. The maximum absolute atomic E-state index is 14.2. The number of carbonyl (C=O) groups is 1. The molecule has 1 atom stereocenters. The molecule has 0 spiro atoms. The third kappa shape index (κ3) is 7.62. The molecule has 0 radical (unpaired) electrons. The number of hydrogen-bond donors (Lipinski definition) is 3. The van der Waals surface area contributed by atoms with Crippen LogP contribution >= 0.6 is 24.0 Å². The first-order chi connectivity index (χ1) is 13.8. The Morgan fingerprint density at radius 1 is 1.27 bits per heavy atom. The van der Waals surface area contributed by atoms with E-state index in [1.54, 1.807) is 33.1 Å². The van der Waals surface area contributed by atoms with Gasteiger partial charge in [0.25, 0.3) is 0 Å².